The van der Waals surface area contributed by atoms with Gasteiger partial charge in [-0.15, -0.1) is 0 Å². The van der Waals surface area contributed by atoms with Crippen LogP contribution in [0.1, 0.15) is 43.5 Å². The van der Waals surface area contributed by atoms with Gasteiger partial charge in [-0.1, -0.05) is 50.6 Å². The Balaban J connectivity index is 0.00000118. The highest BCUT2D eigenvalue weighted by Gasteiger charge is 2.15. The molecule has 0 aliphatic heterocycles. The predicted molar refractivity (Wildman–Crippen MR) is 138 cm³/mol. The number of carboxylic acids is 1. The summed E-state index contributed by atoms with van der Waals surface area (Å²) in [5, 5.41) is 11.3. The first-order valence-electron chi connectivity index (χ1n) is 10.9. The zero-order valence-electron chi connectivity index (χ0n) is 19.2. The molecule has 0 aliphatic rings. The van der Waals surface area contributed by atoms with Crippen molar-refractivity contribution in [1.29, 1.82) is 0 Å². The third-order valence-electron chi connectivity index (χ3n) is 4.76. The lowest BCUT2D eigenvalue weighted by Gasteiger charge is -2.15. The first kappa shape index (κ1) is 27.9. The second-order valence-electron chi connectivity index (χ2n) is 7.20. The quantitative estimate of drug-likeness (QED) is 0.344. The highest BCUT2D eigenvalue weighted by molar-refractivity contribution is 7.98. The van der Waals surface area contributed by atoms with E-state index >= 15 is 0 Å². The van der Waals surface area contributed by atoms with Gasteiger partial charge in [0.15, 0.2) is 0 Å². The number of benzene rings is 2. The molecule has 0 bridgehead atoms. The Bertz CT molecular complexity index is 813. The van der Waals surface area contributed by atoms with Crippen molar-refractivity contribution in [2.45, 2.75) is 33.1 Å². The monoisotopic (exact) mass is 477 g/mol. The number of carbonyl (C=O) groups excluding carboxylic acids is 1. The summed E-state index contributed by atoms with van der Waals surface area (Å²) in [6.07, 6.45) is 5.23. The fourth-order valence-corrected chi connectivity index (χ4v) is 3.37. The van der Waals surface area contributed by atoms with Gasteiger partial charge in [-0.3, -0.25) is 9.59 Å². The molecule has 0 spiro atoms. The summed E-state index contributed by atoms with van der Waals surface area (Å²) in [7, 11) is 0. The van der Waals surface area contributed by atoms with Crippen LogP contribution in [0.25, 0.3) is 11.1 Å². The highest BCUT2D eigenvalue weighted by Crippen LogP contribution is 2.28. The molecule has 1 unspecified atom stereocenters. The molecule has 2 aromatic carbocycles. The number of hydrogen-bond donors (Lipinski definition) is 3. The fraction of sp³-hybridized carbons (Fsp3) is 0.440. The summed E-state index contributed by atoms with van der Waals surface area (Å²) >= 11 is 6.25. The molecule has 2 aromatic rings. The Morgan fingerprint density at radius 2 is 1.81 bits per heavy atom. The van der Waals surface area contributed by atoms with Crippen LogP contribution in [-0.4, -0.2) is 47.9 Å². The maximum atomic E-state index is 12.6. The van der Waals surface area contributed by atoms with E-state index in [1.807, 2.05) is 54.2 Å². The van der Waals surface area contributed by atoms with E-state index in [1.54, 1.807) is 6.07 Å². The van der Waals surface area contributed by atoms with Crippen LogP contribution >= 0.6 is 24.4 Å². The SMILES string of the molecule is CCCC(CS)CCOc1ccc(-c2ccccc2)c(C(=O)NCC(=O)O)c1.CCSC. The summed E-state index contributed by atoms with van der Waals surface area (Å²) in [6, 6.07) is 14.9. The Morgan fingerprint density at radius 3 is 2.38 bits per heavy atom. The molecular formula is C25H35NO4S2. The largest absolute Gasteiger partial charge is 0.494 e. The number of rotatable bonds is 12. The number of thiol groups is 1. The molecule has 32 heavy (non-hydrogen) atoms. The molecule has 0 saturated heterocycles. The highest BCUT2D eigenvalue weighted by atomic mass is 32.2. The lowest BCUT2D eigenvalue weighted by Crippen LogP contribution is -2.29. The maximum Gasteiger partial charge on any atom is 0.322 e. The molecule has 0 aromatic heterocycles. The van der Waals surface area contributed by atoms with Crippen LogP contribution in [0.4, 0.5) is 0 Å². The van der Waals surface area contributed by atoms with E-state index in [2.05, 4.69) is 38.0 Å². The van der Waals surface area contributed by atoms with Gasteiger partial charge in [-0.2, -0.15) is 24.4 Å². The predicted octanol–water partition coefficient (Wildman–Crippen LogP) is 5.65. The molecule has 5 nitrogen and oxygen atoms in total. The summed E-state index contributed by atoms with van der Waals surface area (Å²) in [5.41, 5.74) is 2.01. The number of amides is 1. The summed E-state index contributed by atoms with van der Waals surface area (Å²) in [4.78, 5) is 23.4. The van der Waals surface area contributed by atoms with E-state index in [9.17, 15) is 9.59 Å². The standard InChI is InChI=1S/C22H27NO4S.C3H8S/c1-2-6-16(15-28)11-12-27-18-9-10-19(17-7-4-3-5-8-17)20(13-18)22(26)23-14-21(24)25;1-3-4-2/h3-5,7-10,13,16,28H,2,6,11-12,14-15H2,1H3,(H,23,26)(H,24,25);3H2,1-2H3. The number of thioether (sulfide) groups is 1. The Labute approximate surface area is 201 Å². The molecule has 0 aliphatic carbocycles. The zero-order valence-corrected chi connectivity index (χ0v) is 20.9. The van der Waals surface area contributed by atoms with Crippen molar-refractivity contribution >= 4 is 36.3 Å². The Morgan fingerprint density at radius 1 is 1.12 bits per heavy atom. The van der Waals surface area contributed by atoms with Gasteiger partial charge in [0.2, 0.25) is 0 Å². The van der Waals surface area contributed by atoms with E-state index in [4.69, 9.17) is 9.84 Å². The third kappa shape index (κ3) is 10.5. The Hall–Kier alpha value is -2.12. The van der Waals surface area contributed by atoms with Gasteiger partial charge in [-0.25, -0.2) is 0 Å². The number of nitrogens with one attached hydrogen (secondary N) is 1. The number of carbonyl (C=O) groups is 2. The van der Waals surface area contributed by atoms with Crippen molar-refractivity contribution in [1.82, 2.24) is 5.32 Å². The second kappa shape index (κ2) is 16.5. The normalized spacial score (nSPS) is 11.1. The lowest BCUT2D eigenvalue weighted by atomic mass is 9.98. The molecule has 0 fully saturated rings. The van der Waals surface area contributed by atoms with Crippen LogP contribution in [0.5, 0.6) is 5.75 Å². The number of ether oxygens (including phenoxy) is 1. The van der Waals surface area contributed by atoms with Gasteiger partial charge in [0.25, 0.3) is 5.91 Å². The molecule has 2 N–H and O–H groups in total. The van der Waals surface area contributed by atoms with E-state index < -0.39 is 18.4 Å². The number of aliphatic carboxylic acids is 1. The molecule has 1 atom stereocenters. The first-order chi connectivity index (χ1) is 15.5. The molecule has 176 valence electrons. The zero-order chi connectivity index (χ0) is 23.8. The van der Waals surface area contributed by atoms with E-state index in [0.29, 0.717) is 23.8 Å². The van der Waals surface area contributed by atoms with Gasteiger partial charge < -0.3 is 15.2 Å². The Kier molecular flexibility index (Phi) is 14.4. The molecule has 2 rings (SSSR count). The van der Waals surface area contributed by atoms with Gasteiger partial charge in [0, 0.05) is 0 Å². The van der Waals surface area contributed by atoms with Crippen molar-refractivity contribution < 1.29 is 19.4 Å². The van der Waals surface area contributed by atoms with Crippen LogP contribution in [0.15, 0.2) is 48.5 Å². The molecular weight excluding hydrogens is 442 g/mol. The van der Waals surface area contributed by atoms with Gasteiger partial charge >= 0.3 is 5.97 Å². The fourth-order valence-electron chi connectivity index (χ4n) is 3.00. The summed E-state index contributed by atoms with van der Waals surface area (Å²) in [6.45, 7) is 4.41. The van der Waals surface area contributed by atoms with Crippen LogP contribution in [0, 0.1) is 5.92 Å². The lowest BCUT2D eigenvalue weighted by molar-refractivity contribution is -0.135. The molecule has 0 heterocycles. The van der Waals surface area contributed by atoms with Crippen molar-refractivity contribution in [3.05, 3.63) is 54.1 Å². The van der Waals surface area contributed by atoms with Gasteiger partial charge in [0.05, 0.1) is 12.2 Å². The minimum atomic E-state index is -1.09. The summed E-state index contributed by atoms with van der Waals surface area (Å²) < 4.78 is 5.86. The first-order valence-corrected chi connectivity index (χ1v) is 12.9. The molecule has 7 heteroatoms. The van der Waals surface area contributed by atoms with Gasteiger partial charge in [-0.05, 0) is 65.8 Å². The van der Waals surface area contributed by atoms with E-state index in [-0.39, 0.29) is 0 Å². The molecule has 1 amide bonds. The van der Waals surface area contributed by atoms with Gasteiger partial charge in [0.1, 0.15) is 12.3 Å². The van der Waals surface area contributed by atoms with Crippen molar-refractivity contribution in [3.63, 3.8) is 0 Å². The van der Waals surface area contributed by atoms with Crippen LogP contribution in [-0.2, 0) is 4.79 Å². The molecule has 0 radical (unpaired) electrons. The number of carboxylic acid groups (broad SMARTS) is 1. The molecule has 0 saturated carbocycles. The van der Waals surface area contributed by atoms with Crippen molar-refractivity contribution in [2.75, 3.05) is 30.9 Å². The smallest absolute Gasteiger partial charge is 0.322 e. The van der Waals surface area contributed by atoms with E-state index in [1.165, 1.54) is 5.75 Å². The van der Waals surface area contributed by atoms with Crippen LogP contribution in [0.3, 0.4) is 0 Å². The third-order valence-corrected chi connectivity index (χ3v) is 5.85. The average molecular weight is 478 g/mol. The van der Waals surface area contributed by atoms with Crippen LogP contribution < -0.4 is 10.1 Å². The van der Waals surface area contributed by atoms with E-state index in [0.717, 1.165) is 36.1 Å². The minimum absolute atomic E-state index is 0.393. The van der Waals surface area contributed by atoms with Crippen molar-refractivity contribution in [2.24, 2.45) is 5.92 Å². The minimum Gasteiger partial charge on any atom is -0.494 e. The topological polar surface area (TPSA) is 75.6 Å². The second-order valence-corrected chi connectivity index (χ2v) is 8.72. The maximum absolute atomic E-state index is 12.6. The average Bonchev–Trinajstić information content (AvgIpc) is 2.82. The van der Waals surface area contributed by atoms with Crippen molar-refractivity contribution in [3.8, 4) is 16.9 Å². The number of hydrogen-bond acceptors (Lipinski definition) is 5. The summed E-state index contributed by atoms with van der Waals surface area (Å²) in [5.74, 6) is 1.64. The van der Waals surface area contributed by atoms with Crippen LogP contribution in [0.2, 0.25) is 0 Å².